The van der Waals surface area contributed by atoms with E-state index in [-0.39, 0.29) is 5.78 Å². The molecule has 1 fully saturated rings. The van der Waals surface area contributed by atoms with E-state index in [2.05, 4.69) is 22.4 Å². The SMILES string of the molecule is O=C(C[C@@H]1CCCCN1)Cn1cnc2ccc(-c3ccc(Cl)cc3)cc21. The molecule has 0 bridgehead atoms. The number of carbonyl (C=O) groups is 1. The van der Waals surface area contributed by atoms with E-state index in [1.165, 1.54) is 12.8 Å². The van der Waals surface area contributed by atoms with Crippen LogP contribution in [0.3, 0.4) is 0 Å². The molecule has 26 heavy (non-hydrogen) atoms. The van der Waals surface area contributed by atoms with Gasteiger partial charge in [-0.2, -0.15) is 0 Å². The van der Waals surface area contributed by atoms with Gasteiger partial charge in [0.25, 0.3) is 0 Å². The summed E-state index contributed by atoms with van der Waals surface area (Å²) in [5.74, 6) is 0.251. The molecule has 2 heterocycles. The summed E-state index contributed by atoms with van der Waals surface area (Å²) in [5, 5.41) is 4.17. The van der Waals surface area contributed by atoms with E-state index in [9.17, 15) is 4.79 Å². The minimum Gasteiger partial charge on any atom is -0.323 e. The predicted octanol–water partition coefficient (Wildman–Crippen LogP) is 4.46. The second kappa shape index (κ2) is 7.60. The molecule has 1 aliphatic rings. The molecular weight excluding hydrogens is 346 g/mol. The van der Waals surface area contributed by atoms with E-state index < -0.39 is 0 Å². The number of hydrogen-bond acceptors (Lipinski definition) is 3. The maximum Gasteiger partial charge on any atom is 0.154 e. The highest BCUT2D eigenvalue weighted by molar-refractivity contribution is 6.30. The van der Waals surface area contributed by atoms with Crippen LogP contribution in [0.25, 0.3) is 22.2 Å². The molecule has 1 aromatic heterocycles. The van der Waals surface area contributed by atoms with Gasteiger partial charge in [-0.1, -0.05) is 36.2 Å². The second-order valence-electron chi connectivity index (χ2n) is 6.97. The molecule has 1 aliphatic heterocycles. The van der Waals surface area contributed by atoms with E-state index in [1.807, 2.05) is 34.9 Å². The van der Waals surface area contributed by atoms with Crippen molar-refractivity contribution in [3.8, 4) is 11.1 Å². The van der Waals surface area contributed by atoms with Crippen LogP contribution >= 0.6 is 11.6 Å². The zero-order valence-corrected chi connectivity index (χ0v) is 15.4. The average molecular weight is 368 g/mol. The van der Waals surface area contributed by atoms with Gasteiger partial charge in [-0.15, -0.1) is 0 Å². The summed E-state index contributed by atoms with van der Waals surface area (Å²) >= 11 is 5.98. The van der Waals surface area contributed by atoms with Gasteiger partial charge in [-0.05, 0) is 54.8 Å². The number of benzene rings is 2. The molecule has 0 spiro atoms. The molecule has 4 rings (SSSR count). The summed E-state index contributed by atoms with van der Waals surface area (Å²) in [6.07, 6.45) is 5.88. The maximum absolute atomic E-state index is 12.5. The first-order valence-corrected chi connectivity index (χ1v) is 9.53. The van der Waals surface area contributed by atoms with E-state index in [4.69, 9.17) is 11.6 Å². The molecule has 1 saturated heterocycles. The van der Waals surface area contributed by atoms with Gasteiger partial charge >= 0.3 is 0 Å². The first-order valence-electron chi connectivity index (χ1n) is 9.15. The van der Waals surface area contributed by atoms with E-state index in [0.29, 0.717) is 19.0 Å². The van der Waals surface area contributed by atoms with Gasteiger partial charge in [0.05, 0.1) is 23.9 Å². The average Bonchev–Trinajstić information content (AvgIpc) is 3.05. The number of nitrogens with one attached hydrogen (secondary N) is 1. The van der Waals surface area contributed by atoms with Crippen LogP contribution < -0.4 is 5.32 Å². The first-order chi connectivity index (χ1) is 12.7. The van der Waals surface area contributed by atoms with Crippen LogP contribution in [0.5, 0.6) is 0 Å². The summed E-state index contributed by atoms with van der Waals surface area (Å²) < 4.78 is 1.96. The van der Waals surface area contributed by atoms with E-state index in [0.717, 1.165) is 40.1 Å². The van der Waals surface area contributed by atoms with Gasteiger partial charge in [0.1, 0.15) is 0 Å². The van der Waals surface area contributed by atoms with Gasteiger partial charge in [0.15, 0.2) is 5.78 Å². The Morgan fingerprint density at radius 2 is 1.96 bits per heavy atom. The van der Waals surface area contributed by atoms with Crippen molar-refractivity contribution < 1.29 is 4.79 Å². The molecule has 1 N–H and O–H groups in total. The van der Waals surface area contributed by atoms with Crippen LogP contribution in [0.2, 0.25) is 5.02 Å². The fourth-order valence-corrected chi connectivity index (χ4v) is 3.76. The number of halogens is 1. The van der Waals surface area contributed by atoms with Crippen LogP contribution in [0.15, 0.2) is 48.8 Å². The van der Waals surface area contributed by atoms with E-state index in [1.54, 1.807) is 6.33 Å². The molecule has 4 nitrogen and oxygen atoms in total. The molecule has 0 radical (unpaired) electrons. The van der Waals surface area contributed by atoms with E-state index >= 15 is 0 Å². The molecule has 2 aromatic carbocycles. The first kappa shape index (κ1) is 17.3. The molecule has 0 aliphatic carbocycles. The zero-order valence-electron chi connectivity index (χ0n) is 14.6. The Balaban J connectivity index is 1.54. The fourth-order valence-electron chi connectivity index (χ4n) is 3.63. The van der Waals surface area contributed by atoms with Crippen molar-refractivity contribution in [3.63, 3.8) is 0 Å². The van der Waals surface area contributed by atoms with Gasteiger partial charge in [0, 0.05) is 17.5 Å². The van der Waals surface area contributed by atoms with Crippen molar-refractivity contribution in [1.29, 1.82) is 0 Å². The number of nitrogens with zero attached hydrogens (tertiary/aromatic N) is 2. The van der Waals surface area contributed by atoms with Gasteiger partial charge in [-0.25, -0.2) is 4.98 Å². The van der Waals surface area contributed by atoms with Gasteiger partial charge in [-0.3, -0.25) is 4.79 Å². The number of imidazole rings is 1. The van der Waals surface area contributed by atoms with Crippen molar-refractivity contribution in [3.05, 3.63) is 53.8 Å². The second-order valence-corrected chi connectivity index (χ2v) is 7.41. The lowest BCUT2D eigenvalue weighted by Gasteiger charge is -2.22. The summed E-state index contributed by atoms with van der Waals surface area (Å²) in [4.78, 5) is 17.0. The fraction of sp³-hybridized carbons (Fsp3) is 0.333. The molecule has 0 amide bonds. The molecular formula is C21H22ClN3O. The number of carbonyl (C=O) groups excluding carboxylic acids is 1. The molecule has 5 heteroatoms. The van der Waals surface area contributed by atoms with Crippen molar-refractivity contribution >= 4 is 28.4 Å². The summed E-state index contributed by atoms with van der Waals surface area (Å²) in [6, 6.07) is 14.3. The Bertz CT molecular complexity index is 911. The summed E-state index contributed by atoms with van der Waals surface area (Å²) in [7, 11) is 0. The molecule has 134 valence electrons. The third kappa shape index (κ3) is 3.81. The van der Waals surface area contributed by atoms with Crippen molar-refractivity contribution in [2.75, 3.05) is 6.54 Å². The van der Waals surface area contributed by atoms with Crippen molar-refractivity contribution in [2.45, 2.75) is 38.3 Å². The quantitative estimate of drug-likeness (QED) is 0.724. The molecule has 3 aromatic rings. The number of hydrogen-bond donors (Lipinski definition) is 1. The molecule has 0 saturated carbocycles. The smallest absolute Gasteiger partial charge is 0.154 e. The Morgan fingerprint density at radius 1 is 1.15 bits per heavy atom. The van der Waals surface area contributed by atoms with Gasteiger partial charge < -0.3 is 9.88 Å². The maximum atomic E-state index is 12.5. The Labute approximate surface area is 158 Å². The van der Waals surface area contributed by atoms with Crippen LogP contribution in [-0.2, 0) is 11.3 Å². The Kier molecular flexibility index (Phi) is 5.05. The van der Waals surface area contributed by atoms with Crippen LogP contribution in [0, 0.1) is 0 Å². The lowest BCUT2D eigenvalue weighted by Crippen LogP contribution is -2.36. The molecule has 0 unspecified atom stereocenters. The monoisotopic (exact) mass is 367 g/mol. The topological polar surface area (TPSA) is 46.9 Å². The van der Waals surface area contributed by atoms with Crippen molar-refractivity contribution in [2.24, 2.45) is 0 Å². The van der Waals surface area contributed by atoms with Crippen LogP contribution in [0.1, 0.15) is 25.7 Å². The lowest BCUT2D eigenvalue weighted by molar-refractivity contribution is -0.120. The Morgan fingerprint density at radius 3 is 2.73 bits per heavy atom. The number of fused-ring (bicyclic) bond motifs is 1. The Hall–Kier alpha value is -2.17. The normalized spacial score (nSPS) is 17.5. The number of piperidine rings is 1. The lowest BCUT2D eigenvalue weighted by atomic mass is 10.00. The highest BCUT2D eigenvalue weighted by Crippen LogP contribution is 2.25. The minimum absolute atomic E-state index is 0.251. The van der Waals surface area contributed by atoms with Crippen LogP contribution in [-0.4, -0.2) is 27.9 Å². The largest absolute Gasteiger partial charge is 0.323 e. The van der Waals surface area contributed by atoms with Gasteiger partial charge in [0.2, 0.25) is 0 Å². The molecule has 1 atom stereocenters. The predicted molar refractivity (Wildman–Crippen MR) is 105 cm³/mol. The van der Waals surface area contributed by atoms with Crippen molar-refractivity contribution in [1.82, 2.24) is 14.9 Å². The standard InChI is InChI=1S/C21H22ClN3O/c22-17-7-4-15(5-8-17)16-6-9-20-21(11-16)25(14-24-20)13-19(26)12-18-3-1-2-10-23-18/h4-9,11,14,18,23H,1-3,10,12-13H2/t18-/m0/s1. The zero-order chi connectivity index (χ0) is 17.9. The third-order valence-electron chi connectivity index (χ3n) is 5.03. The van der Waals surface area contributed by atoms with Crippen LogP contribution in [0.4, 0.5) is 0 Å². The number of aromatic nitrogens is 2. The summed E-state index contributed by atoms with van der Waals surface area (Å²) in [5.41, 5.74) is 4.09. The highest BCUT2D eigenvalue weighted by Gasteiger charge is 2.17. The highest BCUT2D eigenvalue weighted by atomic mass is 35.5. The number of ketones is 1. The number of Topliss-reactive ketones (excluding diaryl/α,β-unsaturated/α-hetero) is 1. The minimum atomic E-state index is 0.251. The number of rotatable bonds is 5. The third-order valence-corrected chi connectivity index (χ3v) is 5.28. The summed E-state index contributed by atoms with van der Waals surface area (Å²) in [6.45, 7) is 1.40.